The van der Waals surface area contributed by atoms with Crippen LogP contribution in [0.5, 0.6) is 0 Å². The lowest BCUT2D eigenvalue weighted by molar-refractivity contribution is -0.179. The maximum absolute atomic E-state index is 12.8. The van der Waals surface area contributed by atoms with Crippen LogP contribution < -0.4 is 16.0 Å². The van der Waals surface area contributed by atoms with Crippen molar-refractivity contribution >= 4 is 33.9 Å². The quantitative estimate of drug-likeness (QED) is 0.605. The fraction of sp³-hybridized carbons (Fsp3) is 0.364. The molecule has 0 saturated carbocycles. The molecule has 1 aromatic heterocycles. The fourth-order valence-corrected chi connectivity index (χ4v) is 3.95. The molecule has 0 atom stereocenters. The molecule has 2 heterocycles. The number of carbonyl (C=O) groups is 1. The van der Waals surface area contributed by atoms with Gasteiger partial charge in [0, 0.05) is 42.0 Å². The van der Waals surface area contributed by atoms with Crippen molar-refractivity contribution in [3.8, 4) is 0 Å². The molecule has 2 aromatic carbocycles. The molecule has 1 fully saturated rings. The van der Waals surface area contributed by atoms with Crippen molar-refractivity contribution in [1.82, 2.24) is 9.78 Å². The zero-order valence-corrected chi connectivity index (χ0v) is 16.9. The van der Waals surface area contributed by atoms with Gasteiger partial charge in [0.25, 0.3) is 0 Å². The van der Waals surface area contributed by atoms with E-state index in [0.717, 1.165) is 28.0 Å². The zero-order valence-electron chi connectivity index (χ0n) is 16.9. The van der Waals surface area contributed by atoms with Gasteiger partial charge in [0.2, 0.25) is 5.91 Å². The van der Waals surface area contributed by atoms with Crippen LogP contribution in [0.1, 0.15) is 19.3 Å². The average molecular weight is 431 g/mol. The molecule has 3 N–H and O–H groups in total. The van der Waals surface area contributed by atoms with E-state index in [1.807, 2.05) is 47.4 Å². The first kappa shape index (κ1) is 21.0. The van der Waals surface area contributed by atoms with E-state index >= 15 is 0 Å². The second-order valence-electron chi connectivity index (χ2n) is 7.83. The number of amides is 1. The maximum Gasteiger partial charge on any atom is 0.391 e. The molecule has 6 nitrogen and oxygen atoms in total. The van der Waals surface area contributed by atoms with Crippen LogP contribution in [0.4, 0.5) is 30.2 Å². The van der Waals surface area contributed by atoms with E-state index < -0.39 is 12.1 Å². The number of rotatable bonds is 6. The Hall–Kier alpha value is -3.23. The first-order valence-corrected chi connectivity index (χ1v) is 10.2. The predicted octanol–water partition coefficient (Wildman–Crippen LogP) is 4.43. The third kappa shape index (κ3) is 4.92. The minimum Gasteiger partial charge on any atom is -0.372 e. The smallest absolute Gasteiger partial charge is 0.372 e. The van der Waals surface area contributed by atoms with Crippen molar-refractivity contribution in [3.05, 3.63) is 48.7 Å². The van der Waals surface area contributed by atoms with Crippen LogP contribution in [0.3, 0.4) is 0 Å². The molecule has 0 radical (unpaired) electrons. The third-order valence-electron chi connectivity index (χ3n) is 5.69. The third-order valence-corrected chi connectivity index (χ3v) is 5.69. The van der Waals surface area contributed by atoms with Gasteiger partial charge in [-0.3, -0.25) is 9.48 Å². The monoisotopic (exact) mass is 431 g/mol. The highest BCUT2D eigenvalue weighted by Gasteiger charge is 2.41. The number of nitrogens with one attached hydrogen (secondary N) is 1. The van der Waals surface area contributed by atoms with Crippen LogP contribution in [-0.4, -0.2) is 35.0 Å². The maximum atomic E-state index is 12.8. The van der Waals surface area contributed by atoms with Crippen LogP contribution in [0.25, 0.3) is 10.9 Å². The Balaban J connectivity index is 1.39. The number of hydrogen-bond acceptors (Lipinski definition) is 4. The van der Waals surface area contributed by atoms with Gasteiger partial charge in [-0.15, -0.1) is 0 Å². The average Bonchev–Trinajstić information content (AvgIpc) is 3.14. The van der Waals surface area contributed by atoms with Crippen LogP contribution in [0, 0.1) is 5.92 Å². The van der Waals surface area contributed by atoms with Gasteiger partial charge in [-0.05, 0) is 55.3 Å². The minimum absolute atomic E-state index is 0.136. The molecule has 31 heavy (non-hydrogen) atoms. The molecule has 1 aliphatic rings. The summed E-state index contributed by atoms with van der Waals surface area (Å²) in [6.07, 6.45) is -1.85. The first-order chi connectivity index (χ1) is 14.8. The van der Waals surface area contributed by atoms with Crippen LogP contribution in [-0.2, 0) is 11.3 Å². The molecular formula is C22H24F3N5O. The molecule has 0 bridgehead atoms. The standard InChI is InChI=1S/C22H24F3N5O/c23-22(24,25)16-7-10-29(11-8-16)19-4-1-17(2-5-19)28-18-3-6-20-15(13-18)14-27-30(20)12-9-21(26)31/h1-6,13-14,16,28H,7-12H2,(H2,26,31). The summed E-state index contributed by atoms with van der Waals surface area (Å²) in [6.45, 7) is 1.26. The number of primary amides is 1. The zero-order chi connectivity index (χ0) is 22.0. The first-order valence-electron chi connectivity index (χ1n) is 10.2. The summed E-state index contributed by atoms with van der Waals surface area (Å²) in [7, 11) is 0. The van der Waals surface area contributed by atoms with Gasteiger partial charge in [-0.25, -0.2) is 0 Å². The van der Waals surface area contributed by atoms with Gasteiger partial charge in [0.05, 0.1) is 24.2 Å². The Morgan fingerprint density at radius 3 is 2.42 bits per heavy atom. The van der Waals surface area contributed by atoms with E-state index in [4.69, 9.17) is 5.73 Å². The molecule has 164 valence electrons. The number of hydrogen-bond donors (Lipinski definition) is 2. The molecular weight excluding hydrogens is 407 g/mol. The van der Waals surface area contributed by atoms with Gasteiger partial charge in [-0.2, -0.15) is 18.3 Å². The Morgan fingerprint density at radius 2 is 1.77 bits per heavy atom. The van der Waals surface area contributed by atoms with Crippen molar-refractivity contribution in [3.63, 3.8) is 0 Å². The van der Waals surface area contributed by atoms with Crippen LogP contribution in [0.2, 0.25) is 0 Å². The lowest BCUT2D eigenvalue weighted by atomic mass is 9.96. The topological polar surface area (TPSA) is 76.2 Å². The molecule has 1 amide bonds. The molecule has 0 unspecified atom stereocenters. The molecule has 1 saturated heterocycles. The highest BCUT2D eigenvalue weighted by atomic mass is 19.4. The van der Waals surface area contributed by atoms with Crippen molar-refractivity contribution < 1.29 is 18.0 Å². The number of fused-ring (bicyclic) bond motifs is 1. The number of nitrogens with two attached hydrogens (primary N) is 1. The number of aromatic nitrogens is 2. The number of nitrogens with zero attached hydrogens (tertiary/aromatic N) is 3. The number of benzene rings is 2. The minimum atomic E-state index is -4.10. The second-order valence-corrected chi connectivity index (χ2v) is 7.83. The Bertz CT molecular complexity index is 1050. The summed E-state index contributed by atoms with van der Waals surface area (Å²) in [5.41, 5.74) is 8.83. The van der Waals surface area contributed by atoms with E-state index in [0.29, 0.717) is 19.6 Å². The molecule has 1 aliphatic heterocycles. The number of alkyl halides is 3. The lowest BCUT2D eigenvalue weighted by Gasteiger charge is -2.34. The Labute approximate surface area is 177 Å². The molecule has 9 heteroatoms. The van der Waals surface area contributed by atoms with Crippen molar-refractivity contribution in [1.29, 1.82) is 0 Å². The fourth-order valence-electron chi connectivity index (χ4n) is 3.95. The van der Waals surface area contributed by atoms with E-state index in [-0.39, 0.29) is 25.2 Å². The van der Waals surface area contributed by atoms with Crippen LogP contribution >= 0.6 is 0 Å². The molecule has 3 aromatic rings. The molecule has 4 rings (SSSR count). The largest absolute Gasteiger partial charge is 0.391 e. The van der Waals surface area contributed by atoms with E-state index in [1.165, 1.54) is 0 Å². The molecule has 0 spiro atoms. The predicted molar refractivity (Wildman–Crippen MR) is 114 cm³/mol. The van der Waals surface area contributed by atoms with E-state index in [9.17, 15) is 18.0 Å². The van der Waals surface area contributed by atoms with E-state index in [2.05, 4.69) is 10.4 Å². The normalized spacial score (nSPS) is 15.4. The van der Waals surface area contributed by atoms with Gasteiger partial charge >= 0.3 is 6.18 Å². The van der Waals surface area contributed by atoms with Gasteiger partial charge in [-0.1, -0.05) is 0 Å². The second kappa shape index (κ2) is 8.49. The summed E-state index contributed by atoms with van der Waals surface area (Å²) in [6, 6.07) is 13.5. The number of anilines is 3. The van der Waals surface area contributed by atoms with Crippen molar-refractivity contribution in [2.24, 2.45) is 11.7 Å². The van der Waals surface area contributed by atoms with E-state index in [1.54, 1.807) is 10.9 Å². The summed E-state index contributed by atoms with van der Waals surface area (Å²) in [5, 5.41) is 8.58. The summed E-state index contributed by atoms with van der Waals surface area (Å²) >= 11 is 0. The van der Waals surface area contributed by atoms with Crippen LogP contribution in [0.15, 0.2) is 48.7 Å². The summed E-state index contributed by atoms with van der Waals surface area (Å²) < 4.78 is 40.3. The van der Waals surface area contributed by atoms with Crippen molar-refractivity contribution in [2.75, 3.05) is 23.3 Å². The van der Waals surface area contributed by atoms with Gasteiger partial charge in [0.15, 0.2) is 0 Å². The Kier molecular flexibility index (Phi) is 5.75. The summed E-state index contributed by atoms with van der Waals surface area (Å²) in [5.74, 6) is -1.56. The lowest BCUT2D eigenvalue weighted by Crippen LogP contribution is -2.38. The highest BCUT2D eigenvalue weighted by Crippen LogP contribution is 2.35. The van der Waals surface area contributed by atoms with Gasteiger partial charge in [0.1, 0.15) is 0 Å². The van der Waals surface area contributed by atoms with Crippen molar-refractivity contribution in [2.45, 2.75) is 32.0 Å². The number of aryl methyl sites for hydroxylation is 1. The Morgan fingerprint density at radius 1 is 1.10 bits per heavy atom. The number of piperidine rings is 1. The highest BCUT2D eigenvalue weighted by molar-refractivity contribution is 5.84. The number of carbonyl (C=O) groups excluding carboxylic acids is 1. The summed E-state index contributed by atoms with van der Waals surface area (Å²) in [4.78, 5) is 13.0. The SMILES string of the molecule is NC(=O)CCn1ncc2cc(Nc3ccc(N4CCC(C(F)(F)F)CC4)cc3)ccc21. The molecule has 0 aliphatic carbocycles. The van der Waals surface area contributed by atoms with Gasteiger partial charge < -0.3 is 16.0 Å². The number of halogens is 3.